The molecule has 1 aromatic rings. The number of nitrogens with zero attached hydrogens (tertiary/aromatic N) is 1. The second kappa shape index (κ2) is 6.13. The van der Waals surface area contributed by atoms with E-state index in [1.165, 1.54) is 12.8 Å². The first-order valence-electron chi connectivity index (χ1n) is 6.95. The molecule has 5 heteroatoms. The van der Waals surface area contributed by atoms with Crippen molar-refractivity contribution in [2.75, 3.05) is 31.8 Å². The normalized spacial score (nSPS) is 16.0. The average molecular weight is 277 g/mol. The number of likely N-dealkylation sites (N-methyl/N-ethyl adjacent to an activating group) is 1. The highest BCUT2D eigenvalue weighted by molar-refractivity contribution is 5.94. The monoisotopic (exact) mass is 277 g/mol. The van der Waals surface area contributed by atoms with E-state index in [-0.39, 0.29) is 5.91 Å². The van der Waals surface area contributed by atoms with Crippen molar-refractivity contribution < 1.29 is 9.53 Å². The van der Waals surface area contributed by atoms with Gasteiger partial charge in [0.2, 0.25) is 5.91 Å². The molecule has 1 aliphatic rings. The zero-order valence-electron chi connectivity index (χ0n) is 12.3. The number of carbonyl (C=O) groups excluding carboxylic acids is 1. The standard InChI is InChI=1S/C15H23N3O2/c1-10(11-4-5-11)18(2)9-15(19)17-13-8-12(16)6-7-14(13)20-3/h6-8,10-11H,4-5,9,16H2,1-3H3,(H,17,19). The molecule has 1 saturated carbocycles. The fourth-order valence-electron chi connectivity index (χ4n) is 2.32. The third-order valence-electron chi connectivity index (χ3n) is 3.89. The van der Waals surface area contributed by atoms with Gasteiger partial charge < -0.3 is 15.8 Å². The fraction of sp³-hybridized carbons (Fsp3) is 0.533. The molecule has 2 rings (SSSR count). The molecule has 0 spiro atoms. The maximum atomic E-state index is 12.1. The maximum absolute atomic E-state index is 12.1. The van der Waals surface area contributed by atoms with Gasteiger partial charge in [-0.15, -0.1) is 0 Å². The molecule has 110 valence electrons. The molecule has 0 aliphatic heterocycles. The van der Waals surface area contributed by atoms with E-state index in [4.69, 9.17) is 10.5 Å². The van der Waals surface area contributed by atoms with Crippen LogP contribution in [0.2, 0.25) is 0 Å². The molecule has 5 nitrogen and oxygen atoms in total. The quantitative estimate of drug-likeness (QED) is 0.780. The van der Waals surface area contributed by atoms with Crippen LogP contribution in [0.15, 0.2) is 18.2 Å². The number of benzene rings is 1. The van der Waals surface area contributed by atoms with E-state index in [0.29, 0.717) is 29.7 Å². The van der Waals surface area contributed by atoms with Gasteiger partial charge in [0.1, 0.15) is 5.75 Å². The second-order valence-corrected chi connectivity index (χ2v) is 5.50. The van der Waals surface area contributed by atoms with Crippen molar-refractivity contribution in [1.82, 2.24) is 4.90 Å². The minimum atomic E-state index is -0.0519. The van der Waals surface area contributed by atoms with E-state index in [1.54, 1.807) is 25.3 Å². The van der Waals surface area contributed by atoms with E-state index in [1.807, 2.05) is 7.05 Å². The number of amides is 1. The van der Waals surface area contributed by atoms with Crippen molar-refractivity contribution in [3.05, 3.63) is 18.2 Å². The summed E-state index contributed by atoms with van der Waals surface area (Å²) in [7, 11) is 3.56. The molecular weight excluding hydrogens is 254 g/mol. The molecule has 0 bridgehead atoms. The van der Waals surface area contributed by atoms with Gasteiger partial charge in [-0.3, -0.25) is 9.69 Å². The third kappa shape index (κ3) is 3.63. The molecule has 1 aromatic carbocycles. The molecule has 20 heavy (non-hydrogen) atoms. The van der Waals surface area contributed by atoms with Crippen molar-refractivity contribution in [2.45, 2.75) is 25.8 Å². The molecule has 1 aliphatic carbocycles. The molecule has 1 fully saturated rings. The lowest BCUT2D eigenvalue weighted by Crippen LogP contribution is -2.37. The number of nitrogens with one attached hydrogen (secondary N) is 1. The molecule has 0 saturated heterocycles. The van der Waals surface area contributed by atoms with Crippen molar-refractivity contribution in [3.63, 3.8) is 0 Å². The Morgan fingerprint density at radius 2 is 2.25 bits per heavy atom. The number of methoxy groups -OCH3 is 1. The number of hydrogen-bond donors (Lipinski definition) is 2. The Morgan fingerprint density at radius 3 is 2.85 bits per heavy atom. The largest absolute Gasteiger partial charge is 0.495 e. The van der Waals surface area contributed by atoms with Gasteiger partial charge in [0.05, 0.1) is 19.3 Å². The van der Waals surface area contributed by atoms with Crippen LogP contribution < -0.4 is 15.8 Å². The predicted molar refractivity (Wildman–Crippen MR) is 80.9 cm³/mol. The first kappa shape index (κ1) is 14.7. The Labute approximate surface area is 120 Å². The van der Waals surface area contributed by atoms with Crippen molar-refractivity contribution in [2.24, 2.45) is 5.92 Å². The summed E-state index contributed by atoms with van der Waals surface area (Å²) in [6, 6.07) is 5.65. The van der Waals surface area contributed by atoms with Gasteiger partial charge in [0.25, 0.3) is 0 Å². The first-order chi connectivity index (χ1) is 9.51. The SMILES string of the molecule is COc1ccc(N)cc1NC(=O)CN(C)C(C)C1CC1. The Bertz CT molecular complexity index is 486. The summed E-state index contributed by atoms with van der Waals surface area (Å²) < 4.78 is 5.22. The Morgan fingerprint density at radius 1 is 1.55 bits per heavy atom. The van der Waals surface area contributed by atoms with Crippen LogP contribution in [-0.2, 0) is 4.79 Å². The van der Waals surface area contributed by atoms with Crippen LogP contribution >= 0.6 is 0 Å². The maximum Gasteiger partial charge on any atom is 0.238 e. The first-order valence-corrected chi connectivity index (χ1v) is 6.95. The van der Waals surface area contributed by atoms with E-state index in [0.717, 1.165) is 5.92 Å². The van der Waals surface area contributed by atoms with Crippen LogP contribution in [0.1, 0.15) is 19.8 Å². The van der Waals surface area contributed by atoms with Crippen LogP contribution in [0.25, 0.3) is 0 Å². The van der Waals surface area contributed by atoms with E-state index >= 15 is 0 Å². The number of ether oxygens (including phenoxy) is 1. The highest BCUT2D eigenvalue weighted by Gasteiger charge is 2.31. The molecular formula is C15H23N3O2. The summed E-state index contributed by atoms with van der Waals surface area (Å²) in [5, 5.41) is 2.86. The number of nitrogen functional groups attached to an aromatic ring is 1. The van der Waals surface area contributed by atoms with Gasteiger partial charge in [-0.05, 0) is 50.9 Å². The summed E-state index contributed by atoms with van der Waals surface area (Å²) in [6.45, 7) is 2.54. The van der Waals surface area contributed by atoms with Gasteiger partial charge in [0.15, 0.2) is 0 Å². The zero-order valence-corrected chi connectivity index (χ0v) is 12.3. The van der Waals surface area contributed by atoms with E-state index in [2.05, 4.69) is 17.1 Å². The highest BCUT2D eigenvalue weighted by atomic mass is 16.5. The second-order valence-electron chi connectivity index (χ2n) is 5.50. The number of hydrogen-bond acceptors (Lipinski definition) is 4. The van der Waals surface area contributed by atoms with Crippen molar-refractivity contribution >= 4 is 17.3 Å². The van der Waals surface area contributed by atoms with Crippen LogP contribution in [0, 0.1) is 5.92 Å². The van der Waals surface area contributed by atoms with Gasteiger partial charge in [0, 0.05) is 11.7 Å². The number of rotatable bonds is 6. The van der Waals surface area contributed by atoms with Crippen LogP contribution in [0.5, 0.6) is 5.75 Å². The van der Waals surface area contributed by atoms with Crippen LogP contribution in [0.3, 0.4) is 0 Å². The smallest absolute Gasteiger partial charge is 0.238 e. The summed E-state index contributed by atoms with van der Waals surface area (Å²) >= 11 is 0. The number of nitrogens with two attached hydrogens (primary N) is 1. The molecule has 1 amide bonds. The molecule has 1 atom stereocenters. The van der Waals surface area contributed by atoms with Crippen molar-refractivity contribution in [1.29, 1.82) is 0 Å². The van der Waals surface area contributed by atoms with E-state index < -0.39 is 0 Å². The average Bonchev–Trinajstić information content (AvgIpc) is 3.22. The van der Waals surface area contributed by atoms with Crippen LogP contribution in [0.4, 0.5) is 11.4 Å². The lowest BCUT2D eigenvalue weighted by Gasteiger charge is -2.24. The molecule has 3 N–H and O–H groups in total. The van der Waals surface area contributed by atoms with Gasteiger partial charge in [-0.1, -0.05) is 0 Å². The lowest BCUT2D eigenvalue weighted by molar-refractivity contribution is -0.117. The van der Waals surface area contributed by atoms with Gasteiger partial charge in [-0.25, -0.2) is 0 Å². The summed E-state index contributed by atoms with van der Waals surface area (Å²) in [6.07, 6.45) is 2.55. The lowest BCUT2D eigenvalue weighted by atomic mass is 10.2. The molecule has 0 heterocycles. The van der Waals surface area contributed by atoms with Gasteiger partial charge >= 0.3 is 0 Å². The van der Waals surface area contributed by atoms with E-state index in [9.17, 15) is 4.79 Å². The summed E-state index contributed by atoms with van der Waals surface area (Å²) in [5.41, 5.74) is 6.95. The van der Waals surface area contributed by atoms with Crippen LogP contribution in [-0.4, -0.2) is 37.6 Å². The number of carbonyl (C=O) groups is 1. The fourth-order valence-corrected chi connectivity index (χ4v) is 2.32. The topological polar surface area (TPSA) is 67.6 Å². The number of anilines is 2. The molecule has 0 aromatic heterocycles. The van der Waals surface area contributed by atoms with Crippen molar-refractivity contribution in [3.8, 4) is 5.75 Å². The highest BCUT2D eigenvalue weighted by Crippen LogP contribution is 2.34. The Kier molecular flexibility index (Phi) is 4.49. The minimum absolute atomic E-state index is 0.0519. The summed E-state index contributed by atoms with van der Waals surface area (Å²) in [5.74, 6) is 1.31. The zero-order chi connectivity index (χ0) is 14.7. The predicted octanol–water partition coefficient (Wildman–Crippen LogP) is 1.95. The molecule has 1 unspecified atom stereocenters. The molecule has 0 radical (unpaired) electrons. The summed E-state index contributed by atoms with van der Waals surface area (Å²) in [4.78, 5) is 14.2. The minimum Gasteiger partial charge on any atom is -0.495 e. The van der Waals surface area contributed by atoms with Gasteiger partial charge in [-0.2, -0.15) is 0 Å². The Balaban J connectivity index is 1.95. The Hall–Kier alpha value is -1.75. The third-order valence-corrected chi connectivity index (χ3v) is 3.89.